The molecule has 1 aromatic rings. The van der Waals surface area contributed by atoms with Gasteiger partial charge in [0.15, 0.2) is 0 Å². The lowest BCUT2D eigenvalue weighted by Gasteiger charge is -2.12. The molecule has 0 unspecified atom stereocenters. The summed E-state index contributed by atoms with van der Waals surface area (Å²) >= 11 is 0. The number of hydrogen-bond acceptors (Lipinski definition) is 1. The summed E-state index contributed by atoms with van der Waals surface area (Å²) in [4.78, 5) is 0. The number of allylic oxidation sites excluding steroid dienone is 1. The van der Waals surface area contributed by atoms with Crippen LogP contribution in [0.1, 0.15) is 24.0 Å². The molecule has 1 heteroatoms. The second-order valence-electron chi connectivity index (χ2n) is 4.30. The van der Waals surface area contributed by atoms with Crippen LogP contribution >= 0.6 is 0 Å². The summed E-state index contributed by atoms with van der Waals surface area (Å²) in [5, 5.41) is 0. The molecule has 0 aliphatic heterocycles. The van der Waals surface area contributed by atoms with Crippen LogP contribution in [-0.4, -0.2) is 5.54 Å². The third kappa shape index (κ3) is 2.05. The van der Waals surface area contributed by atoms with Crippen LogP contribution in [0.15, 0.2) is 36.9 Å². The molecule has 1 aromatic carbocycles. The van der Waals surface area contributed by atoms with E-state index < -0.39 is 0 Å². The first-order valence-corrected chi connectivity index (χ1v) is 5.20. The molecule has 0 radical (unpaired) electrons. The van der Waals surface area contributed by atoms with E-state index in [9.17, 15) is 0 Å². The number of benzene rings is 1. The van der Waals surface area contributed by atoms with E-state index in [0.29, 0.717) is 0 Å². The Morgan fingerprint density at radius 1 is 1.29 bits per heavy atom. The van der Waals surface area contributed by atoms with Gasteiger partial charge in [-0.15, -0.1) is 6.58 Å². The van der Waals surface area contributed by atoms with Gasteiger partial charge in [0.25, 0.3) is 0 Å². The maximum atomic E-state index is 6.12. The lowest BCUT2D eigenvalue weighted by Crippen LogP contribution is -2.25. The van der Waals surface area contributed by atoms with Gasteiger partial charge < -0.3 is 5.73 Å². The van der Waals surface area contributed by atoms with Gasteiger partial charge >= 0.3 is 0 Å². The van der Waals surface area contributed by atoms with E-state index in [1.54, 1.807) is 0 Å². The molecule has 0 atom stereocenters. The number of nitrogens with two attached hydrogens (primary N) is 1. The van der Waals surface area contributed by atoms with Crippen molar-refractivity contribution in [2.75, 3.05) is 0 Å². The summed E-state index contributed by atoms with van der Waals surface area (Å²) in [5.74, 6) is 0. The highest BCUT2D eigenvalue weighted by molar-refractivity contribution is 5.31. The van der Waals surface area contributed by atoms with Crippen LogP contribution in [0.4, 0.5) is 0 Å². The third-order valence-corrected chi connectivity index (χ3v) is 2.92. The van der Waals surface area contributed by atoms with Crippen LogP contribution in [0.2, 0.25) is 0 Å². The predicted molar refractivity (Wildman–Crippen MR) is 60.2 cm³/mol. The zero-order chi connectivity index (χ0) is 10.0. The Labute approximate surface area is 85.6 Å². The quantitative estimate of drug-likeness (QED) is 0.720. The van der Waals surface area contributed by atoms with Gasteiger partial charge in [-0.05, 0) is 36.8 Å². The van der Waals surface area contributed by atoms with Gasteiger partial charge in [-0.25, -0.2) is 0 Å². The first-order valence-electron chi connectivity index (χ1n) is 5.20. The van der Waals surface area contributed by atoms with E-state index in [1.807, 2.05) is 6.08 Å². The summed E-state index contributed by atoms with van der Waals surface area (Å²) in [6, 6.07) is 8.53. The first kappa shape index (κ1) is 9.47. The van der Waals surface area contributed by atoms with Crippen molar-refractivity contribution in [3.05, 3.63) is 48.0 Å². The van der Waals surface area contributed by atoms with E-state index in [-0.39, 0.29) is 5.54 Å². The molecule has 1 nitrogen and oxygen atoms in total. The molecule has 2 N–H and O–H groups in total. The Balaban J connectivity index is 2.18. The Kier molecular flexibility index (Phi) is 2.42. The van der Waals surface area contributed by atoms with Gasteiger partial charge in [-0.2, -0.15) is 0 Å². The van der Waals surface area contributed by atoms with E-state index in [2.05, 4.69) is 30.8 Å². The lowest BCUT2D eigenvalue weighted by molar-refractivity contribution is 0.668. The SMILES string of the molecule is C=CCc1ccccc1CC1(N)CC1. The fraction of sp³-hybridized carbons (Fsp3) is 0.385. The molecule has 74 valence electrons. The van der Waals surface area contributed by atoms with Crippen molar-refractivity contribution >= 4 is 0 Å². The molecule has 0 heterocycles. The first-order chi connectivity index (χ1) is 6.73. The molecule has 2 rings (SSSR count). The predicted octanol–water partition coefficient (Wildman–Crippen LogP) is 2.45. The van der Waals surface area contributed by atoms with E-state index in [0.717, 1.165) is 12.8 Å². The smallest absolute Gasteiger partial charge is 0.0196 e. The Hall–Kier alpha value is -1.08. The molecule has 1 fully saturated rings. The fourth-order valence-corrected chi connectivity index (χ4v) is 1.80. The molecule has 14 heavy (non-hydrogen) atoms. The average Bonchev–Trinajstić information content (AvgIpc) is 2.88. The average molecular weight is 187 g/mol. The Bertz CT molecular complexity index is 337. The van der Waals surface area contributed by atoms with E-state index >= 15 is 0 Å². The van der Waals surface area contributed by atoms with Gasteiger partial charge in [0.05, 0.1) is 0 Å². The summed E-state index contributed by atoms with van der Waals surface area (Å²) < 4.78 is 0. The van der Waals surface area contributed by atoms with Gasteiger partial charge in [0, 0.05) is 5.54 Å². The van der Waals surface area contributed by atoms with Crippen molar-refractivity contribution in [3.8, 4) is 0 Å². The minimum absolute atomic E-state index is 0.108. The van der Waals surface area contributed by atoms with Crippen LogP contribution < -0.4 is 5.73 Å². The van der Waals surface area contributed by atoms with Gasteiger partial charge in [0.2, 0.25) is 0 Å². The normalized spacial score (nSPS) is 17.8. The molecule has 1 aliphatic carbocycles. The highest BCUT2D eigenvalue weighted by Crippen LogP contribution is 2.36. The topological polar surface area (TPSA) is 26.0 Å². The molecule has 0 bridgehead atoms. The van der Waals surface area contributed by atoms with Crippen molar-refractivity contribution in [1.82, 2.24) is 0 Å². The zero-order valence-corrected chi connectivity index (χ0v) is 8.50. The van der Waals surface area contributed by atoms with Crippen molar-refractivity contribution < 1.29 is 0 Å². The Morgan fingerprint density at radius 2 is 1.93 bits per heavy atom. The van der Waals surface area contributed by atoms with Gasteiger partial charge in [0.1, 0.15) is 0 Å². The van der Waals surface area contributed by atoms with Crippen LogP contribution in [0.25, 0.3) is 0 Å². The molecular weight excluding hydrogens is 170 g/mol. The van der Waals surface area contributed by atoms with Gasteiger partial charge in [-0.1, -0.05) is 30.3 Å². The van der Waals surface area contributed by atoms with Gasteiger partial charge in [-0.3, -0.25) is 0 Å². The Morgan fingerprint density at radius 3 is 2.50 bits per heavy atom. The molecule has 1 saturated carbocycles. The van der Waals surface area contributed by atoms with Crippen LogP contribution in [0.5, 0.6) is 0 Å². The summed E-state index contributed by atoms with van der Waals surface area (Å²) in [6.45, 7) is 3.78. The maximum absolute atomic E-state index is 6.12. The summed E-state index contributed by atoms with van der Waals surface area (Å²) in [5.41, 5.74) is 9.00. The van der Waals surface area contributed by atoms with Crippen LogP contribution in [-0.2, 0) is 12.8 Å². The maximum Gasteiger partial charge on any atom is 0.0196 e. The second-order valence-corrected chi connectivity index (χ2v) is 4.30. The van der Waals surface area contributed by atoms with Crippen molar-refractivity contribution in [2.24, 2.45) is 5.73 Å². The minimum Gasteiger partial charge on any atom is -0.325 e. The van der Waals surface area contributed by atoms with Crippen LogP contribution in [0, 0.1) is 0 Å². The van der Waals surface area contributed by atoms with Crippen molar-refractivity contribution in [3.63, 3.8) is 0 Å². The van der Waals surface area contributed by atoms with E-state index in [4.69, 9.17) is 5.73 Å². The molecular formula is C13H17N. The highest BCUT2D eigenvalue weighted by atomic mass is 14.8. The third-order valence-electron chi connectivity index (χ3n) is 2.92. The number of rotatable bonds is 4. The minimum atomic E-state index is 0.108. The lowest BCUT2D eigenvalue weighted by atomic mass is 9.97. The van der Waals surface area contributed by atoms with Crippen molar-refractivity contribution in [2.45, 2.75) is 31.2 Å². The fourth-order valence-electron chi connectivity index (χ4n) is 1.80. The van der Waals surface area contributed by atoms with Crippen molar-refractivity contribution in [1.29, 1.82) is 0 Å². The zero-order valence-electron chi connectivity index (χ0n) is 8.50. The summed E-state index contributed by atoms with van der Waals surface area (Å²) in [7, 11) is 0. The highest BCUT2D eigenvalue weighted by Gasteiger charge is 2.38. The summed E-state index contributed by atoms with van der Waals surface area (Å²) in [6.07, 6.45) is 6.28. The second kappa shape index (κ2) is 3.58. The molecule has 0 spiro atoms. The molecule has 0 saturated heterocycles. The van der Waals surface area contributed by atoms with Crippen LogP contribution in [0.3, 0.4) is 0 Å². The molecule has 0 amide bonds. The van der Waals surface area contributed by atoms with E-state index in [1.165, 1.54) is 24.0 Å². The monoisotopic (exact) mass is 187 g/mol. The standard InChI is InChI=1S/C13H17N/c1-2-5-11-6-3-4-7-12(11)10-13(14)8-9-13/h2-4,6-7H,1,5,8-10,14H2. The number of hydrogen-bond donors (Lipinski definition) is 1. The molecule has 0 aromatic heterocycles. The largest absolute Gasteiger partial charge is 0.325 e. The molecule has 1 aliphatic rings.